The Balaban J connectivity index is 1.69. The summed E-state index contributed by atoms with van der Waals surface area (Å²) in [5, 5.41) is 0.762. The monoisotopic (exact) mass is 446 g/mol. The van der Waals surface area contributed by atoms with Gasteiger partial charge in [0.25, 0.3) is 0 Å². The summed E-state index contributed by atoms with van der Waals surface area (Å²) in [6.45, 7) is 4.87. The zero-order valence-electron chi connectivity index (χ0n) is 18.0. The van der Waals surface area contributed by atoms with Crippen molar-refractivity contribution >= 4 is 44.4 Å². The Labute approximate surface area is 192 Å². The van der Waals surface area contributed by atoms with E-state index in [-0.39, 0.29) is 5.91 Å². The third kappa shape index (κ3) is 5.00. The Hall–Kier alpha value is -2.63. The van der Waals surface area contributed by atoms with Gasteiger partial charge < -0.3 is 0 Å². The van der Waals surface area contributed by atoms with E-state index in [1.54, 1.807) is 23.1 Å². The van der Waals surface area contributed by atoms with E-state index in [1.165, 1.54) is 10.5 Å². The second-order valence-corrected chi connectivity index (χ2v) is 9.72. The van der Waals surface area contributed by atoms with Crippen molar-refractivity contribution in [3.63, 3.8) is 0 Å². The molecule has 0 bridgehead atoms. The summed E-state index contributed by atoms with van der Waals surface area (Å²) >= 11 is 3.30. The van der Waals surface area contributed by atoms with Crippen LogP contribution in [0, 0.1) is 0 Å². The molecule has 31 heavy (non-hydrogen) atoms. The predicted molar refractivity (Wildman–Crippen MR) is 133 cm³/mol. The first-order chi connectivity index (χ1) is 15.0. The highest BCUT2D eigenvalue weighted by molar-refractivity contribution is 7.98. The van der Waals surface area contributed by atoms with E-state index in [0.717, 1.165) is 26.5 Å². The molecule has 4 rings (SSSR count). The normalized spacial score (nSPS) is 11.2. The fourth-order valence-electron chi connectivity index (χ4n) is 3.58. The Morgan fingerprint density at radius 2 is 1.71 bits per heavy atom. The van der Waals surface area contributed by atoms with Gasteiger partial charge in [-0.15, -0.1) is 11.8 Å². The molecule has 0 fully saturated rings. The quantitative estimate of drug-likeness (QED) is 0.289. The maximum atomic E-state index is 13.5. The summed E-state index contributed by atoms with van der Waals surface area (Å²) in [6, 6.07) is 24.7. The van der Waals surface area contributed by atoms with E-state index in [1.807, 2.05) is 35.2 Å². The molecule has 0 N–H and O–H groups in total. The molecule has 1 aromatic heterocycles. The topological polar surface area (TPSA) is 33.2 Å². The SMILES string of the molecule is CSc1ccc(CC(=O)N(Cc2ccccc2)c2nc3c(C(C)C)cccc3s2)cc1. The highest BCUT2D eigenvalue weighted by Crippen LogP contribution is 2.34. The van der Waals surface area contributed by atoms with Gasteiger partial charge in [0.05, 0.1) is 23.2 Å². The molecule has 0 aliphatic carbocycles. The lowest BCUT2D eigenvalue weighted by Crippen LogP contribution is -2.31. The minimum atomic E-state index is 0.0610. The van der Waals surface area contributed by atoms with Crippen molar-refractivity contribution in [3.8, 4) is 0 Å². The van der Waals surface area contributed by atoms with Crippen LogP contribution >= 0.6 is 23.1 Å². The maximum absolute atomic E-state index is 13.5. The fourth-order valence-corrected chi connectivity index (χ4v) is 5.01. The number of thioether (sulfide) groups is 1. The molecule has 0 atom stereocenters. The van der Waals surface area contributed by atoms with Gasteiger partial charge in [0.2, 0.25) is 5.91 Å². The highest BCUT2D eigenvalue weighted by Gasteiger charge is 2.22. The van der Waals surface area contributed by atoms with E-state index in [2.05, 4.69) is 62.6 Å². The van der Waals surface area contributed by atoms with E-state index < -0.39 is 0 Å². The molecule has 0 saturated heterocycles. The number of amides is 1. The molecule has 158 valence electrons. The van der Waals surface area contributed by atoms with Gasteiger partial charge in [-0.3, -0.25) is 9.69 Å². The van der Waals surface area contributed by atoms with Crippen molar-refractivity contribution in [2.45, 2.75) is 37.6 Å². The summed E-state index contributed by atoms with van der Waals surface area (Å²) in [6.07, 6.45) is 2.41. The van der Waals surface area contributed by atoms with E-state index in [4.69, 9.17) is 4.98 Å². The zero-order valence-corrected chi connectivity index (χ0v) is 19.7. The summed E-state index contributed by atoms with van der Waals surface area (Å²) in [7, 11) is 0. The molecule has 0 spiro atoms. The highest BCUT2D eigenvalue weighted by atomic mass is 32.2. The van der Waals surface area contributed by atoms with Crippen molar-refractivity contribution in [1.82, 2.24) is 4.98 Å². The Kier molecular flexibility index (Phi) is 6.73. The van der Waals surface area contributed by atoms with Crippen molar-refractivity contribution in [2.75, 3.05) is 11.2 Å². The molecule has 0 unspecified atom stereocenters. The first-order valence-corrected chi connectivity index (χ1v) is 12.5. The molecule has 0 saturated carbocycles. The van der Waals surface area contributed by atoms with Gasteiger partial charge in [-0.2, -0.15) is 0 Å². The summed E-state index contributed by atoms with van der Waals surface area (Å²) in [4.78, 5) is 21.4. The molecule has 4 aromatic rings. The average molecular weight is 447 g/mol. The van der Waals surface area contributed by atoms with Gasteiger partial charge in [-0.05, 0) is 47.1 Å². The molecule has 0 radical (unpaired) electrons. The number of rotatable bonds is 7. The minimum absolute atomic E-state index is 0.0610. The smallest absolute Gasteiger partial charge is 0.233 e. The fraction of sp³-hybridized carbons (Fsp3) is 0.231. The van der Waals surface area contributed by atoms with Crippen LogP contribution in [-0.2, 0) is 17.8 Å². The van der Waals surface area contributed by atoms with Gasteiger partial charge in [0.15, 0.2) is 5.13 Å². The minimum Gasteiger partial charge on any atom is -0.283 e. The van der Waals surface area contributed by atoms with Crippen LogP contribution in [0.25, 0.3) is 10.2 Å². The number of benzene rings is 3. The van der Waals surface area contributed by atoms with Crippen molar-refractivity contribution in [1.29, 1.82) is 0 Å². The number of para-hydroxylation sites is 1. The van der Waals surface area contributed by atoms with Crippen LogP contribution in [0.15, 0.2) is 77.7 Å². The van der Waals surface area contributed by atoms with Crippen LogP contribution in [0.2, 0.25) is 0 Å². The second kappa shape index (κ2) is 9.67. The molecule has 1 amide bonds. The number of carbonyl (C=O) groups excluding carboxylic acids is 1. The predicted octanol–water partition coefficient (Wildman–Crippen LogP) is 6.92. The van der Waals surface area contributed by atoms with Gasteiger partial charge in [0, 0.05) is 4.90 Å². The standard InChI is InChI=1S/C26H26N2OS2/c1-18(2)22-10-7-11-23-25(22)27-26(31-23)28(17-20-8-5-4-6-9-20)24(29)16-19-12-14-21(30-3)15-13-19/h4-15,18H,16-17H2,1-3H3. The van der Waals surface area contributed by atoms with Crippen molar-refractivity contribution in [2.24, 2.45) is 0 Å². The van der Waals surface area contributed by atoms with Gasteiger partial charge in [-0.25, -0.2) is 4.98 Å². The zero-order chi connectivity index (χ0) is 21.8. The Morgan fingerprint density at radius 3 is 2.39 bits per heavy atom. The molecular weight excluding hydrogens is 420 g/mol. The van der Waals surface area contributed by atoms with Gasteiger partial charge >= 0.3 is 0 Å². The van der Waals surface area contributed by atoms with Crippen LogP contribution in [0.5, 0.6) is 0 Å². The summed E-state index contributed by atoms with van der Waals surface area (Å²) < 4.78 is 1.12. The van der Waals surface area contributed by atoms with Crippen molar-refractivity contribution in [3.05, 3.63) is 89.5 Å². The van der Waals surface area contributed by atoms with Crippen LogP contribution in [0.4, 0.5) is 5.13 Å². The van der Waals surface area contributed by atoms with Gasteiger partial charge in [-0.1, -0.05) is 79.8 Å². The largest absolute Gasteiger partial charge is 0.283 e. The number of hydrogen-bond donors (Lipinski definition) is 0. The Morgan fingerprint density at radius 1 is 0.968 bits per heavy atom. The van der Waals surface area contributed by atoms with Crippen LogP contribution in [0.1, 0.15) is 36.5 Å². The average Bonchev–Trinajstić information content (AvgIpc) is 3.22. The Bertz CT molecular complexity index is 1170. The van der Waals surface area contributed by atoms with Crippen LogP contribution in [-0.4, -0.2) is 17.1 Å². The summed E-state index contributed by atoms with van der Waals surface area (Å²) in [5.74, 6) is 0.442. The second-order valence-electron chi connectivity index (χ2n) is 7.84. The maximum Gasteiger partial charge on any atom is 0.233 e. The molecular formula is C26H26N2OS2. The van der Waals surface area contributed by atoms with Crippen molar-refractivity contribution < 1.29 is 4.79 Å². The number of nitrogens with zero attached hydrogens (tertiary/aromatic N) is 2. The number of thiazole rings is 1. The van der Waals surface area contributed by atoms with Crippen LogP contribution in [0.3, 0.4) is 0 Å². The first-order valence-electron chi connectivity index (χ1n) is 10.4. The lowest BCUT2D eigenvalue weighted by Gasteiger charge is -2.20. The number of hydrogen-bond acceptors (Lipinski definition) is 4. The molecule has 0 aliphatic heterocycles. The molecule has 1 heterocycles. The summed E-state index contributed by atoms with van der Waals surface area (Å²) in [5.41, 5.74) is 4.34. The third-order valence-corrected chi connectivity index (χ3v) is 7.08. The number of carbonyl (C=O) groups is 1. The number of fused-ring (bicyclic) bond motifs is 1. The van der Waals surface area contributed by atoms with E-state index in [0.29, 0.717) is 18.9 Å². The van der Waals surface area contributed by atoms with Crippen LogP contribution < -0.4 is 4.90 Å². The lowest BCUT2D eigenvalue weighted by atomic mass is 10.0. The molecule has 3 nitrogen and oxygen atoms in total. The number of aromatic nitrogens is 1. The van der Waals surface area contributed by atoms with E-state index >= 15 is 0 Å². The molecule has 5 heteroatoms. The first kappa shape index (κ1) is 21.6. The lowest BCUT2D eigenvalue weighted by molar-refractivity contribution is -0.118. The van der Waals surface area contributed by atoms with E-state index in [9.17, 15) is 4.79 Å². The molecule has 0 aliphatic rings. The number of anilines is 1. The van der Waals surface area contributed by atoms with Gasteiger partial charge in [0.1, 0.15) is 0 Å². The third-order valence-electron chi connectivity index (χ3n) is 5.29. The molecule has 3 aromatic carbocycles.